The van der Waals surface area contributed by atoms with Crippen molar-refractivity contribution in [3.63, 3.8) is 0 Å². The average molecular weight is 879 g/mol. The number of ether oxygens (including phenoxy) is 4. The van der Waals surface area contributed by atoms with Gasteiger partial charge in [-0.3, -0.25) is 14.1 Å². The number of esters is 2. The maximum absolute atomic E-state index is 12.8. The second-order valence-electron chi connectivity index (χ2n) is 17.5. The minimum atomic E-state index is -4.60. The van der Waals surface area contributed by atoms with Gasteiger partial charge in [-0.1, -0.05) is 206 Å². The van der Waals surface area contributed by atoms with Crippen LogP contribution in [-0.2, 0) is 38.7 Å². The van der Waals surface area contributed by atoms with E-state index in [1.54, 1.807) is 0 Å². The third-order valence-electron chi connectivity index (χ3n) is 11.7. The summed E-state index contributed by atoms with van der Waals surface area (Å²) in [6.45, 7) is 3.79. The van der Waals surface area contributed by atoms with E-state index in [0.717, 1.165) is 38.5 Å². The van der Waals surface area contributed by atoms with E-state index in [-0.39, 0.29) is 19.4 Å². The molecule has 0 amide bonds. The highest BCUT2D eigenvalue weighted by molar-refractivity contribution is 7.85. The van der Waals surface area contributed by atoms with Crippen LogP contribution in [0, 0.1) is 0 Å². The SMILES string of the molecule is CCCCCCCCCCCCCCCCCCCCCCC(=O)OC(COC(=O)CCCCCCCCCCCCCC)COC1OC(CS(=O)(=O)O)C(O)C(O)C1O. The Kier molecular flexibility index (Phi) is 36.0. The molecule has 1 aliphatic heterocycles. The van der Waals surface area contributed by atoms with Gasteiger partial charge in [-0.05, 0) is 12.8 Å². The summed E-state index contributed by atoms with van der Waals surface area (Å²) >= 11 is 0. The number of aliphatic hydroxyl groups excluding tert-OH is 3. The second-order valence-corrected chi connectivity index (χ2v) is 19.0. The lowest BCUT2D eigenvalue weighted by Crippen LogP contribution is -2.60. The van der Waals surface area contributed by atoms with E-state index >= 15 is 0 Å². The van der Waals surface area contributed by atoms with Gasteiger partial charge in [0.1, 0.15) is 36.8 Å². The Morgan fingerprint density at radius 3 is 1.22 bits per heavy atom. The highest BCUT2D eigenvalue weighted by atomic mass is 32.2. The molecule has 0 radical (unpaired) electrons. The average Bonchev–Trinajstić information content (AvgIpc) is 3.21. The quantitative estimate of drug-likeness (QED) is 0.0259. The van der Waals surface area contributed by atoms with Gasteiger partial charge in [0, 0.05) is 12.8 Å². The molecule has 6 atom stereocenters. The first-order valence-electron chi connectivity index (χ1n) is 24.6. The molecule has 1 heterocycles. The Bertz CT molecular complexity index is 1120. The fourth-order valence-corrected chi connectivity index (χ4v) is 8.55. The smallest absolute Gasteiger partial charge is 0.306 e. The maximum Gasteiger partial charge on any atom is 0.306 e. The van der Waals surface area contributed by atoms with E-state index in [4.69, 9.17) is 18.9 Å². The summed E-state index contributed by atoms with van der Waals surface area (Å²) in [5.74, 6) is -1.96. The number of aliphatic hydroxyl groups is 3. The lowest BCUT2D eigenvalue weighted by molar-refractivity contribution is -0.297. The van der Waals surface area contributed by atoms with Crippen molar-refractivity contribution in [2.45, 2.75) is 269 Å². The molecule has 0 aliphatic carbocycles. The molecule has 1 fully saturated rings. The van der Waals surface area contributed by atoms with Crippen LogP contribution in [0.4, 0.5) is 0 Å². The summed E-state index contributed by atoms with van der Waals surface area (Å²) in [4.78, 5) is 25.4. The molecule has 1 aliphatic rings. The molecule has 0 spiro atoms. The van der Waals surface area contributed by atoms with Crippen LogP contribution in [0.3, 0.4) is 0 Å². The zero-order chi connectivity index (χ0) is 44.1. The summed E-state index contributed by atoms with van der Waals surface area (Å²) < 4.78 is 54.1. The summed E-state index contributed by atoms with van der Waals surface area (Å²) in [6.07, 6.45) is 30.1. The zero-order valence-electron chi connectivity index (χ0n) is 38.1. The number of carbonyl (C=O) groups is 2. The van der Waals surface area contributed by atoms with Crippen LogP contribution in [0.5, 0.6) is 0 Å². The molecule has 356 valence electrons. The molecule has 0 saturated carbocycles. The topological polar surface area (TPSA) is 186 Å². The van der Waals surface area contributed by atoms with Crippen LogP contribution in [0.1, 0.15) is 232 Å². The predicted molar refractivity (Wildman–Crippen MR) is 238 cm³/mol. The molecule has 1 saturated heterocycles. The van der Waals surface area contributed by atoms with Gasteiger partial charge in [0.15, 0.2) is 12.4 Å². The maximum atomic E-state index is 12.8. The lowest BCUT2D eigenvalue weighted by atomic mass is 10.00. The Labute approximate surface area is 365 Å². The highest BCUT2D eigenvalue weighted by Crippen LogP contribution is 2.24. The van der Waals surface area contributed by atoms with Gasteiger partial charge in [-0.25, -0.2) is 0 Å². The Morgan fingerprint density at radius 2 is 0.850 bits per heavy atom. The molecule has 6 unspecified atom stereocenters. The van der Waals surface area contributed by atoms with Gasteiger partial charge in [0.2, 0.25) is 0 Å². The minimum absolute atomic E-state index is 0.173. The van der Waals surface area contributed by atoms with Crippen molar-refractivity contribution < 1.29 is 56.8 Å². The van der Waals surface area contributed by atoms with Crippen molar-refractivity contribution >= 4 is 22.1 Å². The summed E-state index contributed by atoms with van der Waals surface area (Å²) in [5.41, 5.74) is 0. The van der Waals surface area contributed by atoms with E-state index in [2.05, 4.69) is 13.8 Å². The standard InChI is InChI=1S/C47H90O12S/c1-3-5-7-9-11-13-15-17-18-19-20-21-22-23-24-26-28-30-32-34-36-43(49)58-40(38-57-47-46(52)45(51)44(50)41(59-47)39-60(53,54)55)37-56-42(48)35-33-31-29-27-25-16-14-12-10-8-6-4-2/h40-41,44-47,50-52H,3-39H2,1-2H3,(H,53,54,55). The lowest BCUT2D eigenvalue weighted by Gasteiger charge is -2.40. The van der Waals surface area contributed by atoms with Crippen molar-refractivity contribution in [2.24, 2.45) is 0 Å². The minimum Gasteiger partial charge on any atom is -0.462 e. The fraction of sp³-hybridized carbons (Fsp3) is 0.957. The summed E-state index contributed by atoms with van der Waals surface area (Å²) in [7, 11) is -4.60. The second kappa shape index (κ2) is 38.1. The molecule has 0 aromatic carbocycles. The van der Waals surface area contributed by atoms with Crippen LogP contribution in [0.25, 0.3) is 0 Å². The van der Waals surface area contributed by atoms with E-state index in [0.29, 0.717) is 12.8 Å². The number of rotatable bonds is 42. The first kappa shape index (κ1) is 56.7. The largest absolute Gasteiger partial charge is 0.462 e. The monoisotopic (exact) mass is 879 g/mol. The Morgan fingerprint density at radius 1 is 0.500 bits per heavy atom. The molecule has 4 N–H and O–H groups in total. The van der Waals surface area contributed by atoms with Gasteiger partial charge < -0.3 is 34.3 Å². The third-order valence-corrected chi connectivity index (χ3v) is 12.4. The number of hydrogen-bond acceptors (Lipinski definition) is 11. The van der Waals surface area contributed by atoms with Gasteiger partial charge in [0.25, 0.3) is 10.1 Å². The molecule has 0 aromatic rings. The normalized spacial score (nSPS) is 20.0. The number of hydrogen-bond donors (Lipinski definition) is 4. The van der Waals surface area contributed by atoms with Crippen molar-refractivity contribution in [2.75, 3.05) is 19.0 Å². The highest BCUT2D eigenvalue weighted by Gasteiger charge is 2.46. The van der Waals surface area contributed by atoms with Gasteiger partial charge in [0.05, 0.1) is 6.61 Å². The van der Waals surface area contributed by atoms with Gasteiger partial charge in [-0.2, -0.15) is 8.42 Å². The fourth-order valence-electron chi connectivity index (χ4n) is 7.86. The zero-order valence-corrected chi connectivity index (χ0v) is 38.9. The summed E-state index contributed by atoms with van der Waals surface area (Å²) in [5, 5.41) is 30.9. The molecule has 60 heavy (non-hydrogen) atoms. The van der Waals surface area contributed by atoms with E-state index in [9.17, 15) is 37.9 Å². The molecule has 1 rings (SSSR count). The third kappa shape index (κ3) is 32.3. The summed E-state index contributed by atoms with van der Waals surface area (Å²) in [6, 6.07) is 0. The molecule has 13 heteroatoms. The van der Waals surface area contributed by atoms with Crippen molar-refractivity contribution in [1.29, 1.82) is 0 Å². The van der Waals surface area contributed by atoms with E-state index in [1.165, 1.54) is 154 Å². The van der Waals surface area contributed by atoms with Gasteiger partial charge >= 0.3 is 11.9 Å². The van der Waals surface area contributed by atoms with Crippen molar-refractivity contribution in [3.05, 3.63) is 0 Å². The molecular formula is C47H90O12S. The van der Waals surface area contributed by atoms with E-state index < -0.39 is 71.2 Å². The van der Waals surface area contributed by atoms with Crippen molar-refractivity contribution in [3.8, 4) is 0 Å². The first-order valence-corrected chi connectivity index (χ1v) is 26.2. The van der Waals surface area contributed by atoms with Crippen LogP contribution < -0.4 is 0 Å². The van der Waals surface area contributed by atoms with Crippen LogP contribution >= 0.6 is 0 Å². The Balaban J connectivity index is 2.36. The predicted octanol–water partition coefficient (Wildman–Crippen LogP) is 10.5. The van der Waals surface area contributed by atoms with Crippen molar-refractivity contribution in [1.82, 2.24) is 0 Å². The number of carbonyl (C=O) groups excluding carboxylic acids is 2. The molecular weight excluding hydrogens is 789 g/mol. The first-order chi connectivity index (χ1) is 29.0. The number of unbranched alkanes of at least 4 members (excludes halogenated alkanes) is 30. The Hall–Kier alpha value is -1.35. The van der Waals surface area contributed by atoms with Crippen LogP contribution in [-0.4, -0.2) is 96.0 Å². The molecule has 0 bridgehead atoms. The molecule has 0 aromatic heterocycles. The van der Waals surface area contributed by atoms with Crippen LogP contribution in [0.15, 0.2) is 0 Å². The van der Waals surface area contributed by atoms with Gasteiger partial charge in [-0.15, -0.1) is 0 Å². The van der Waals surface area contributed by atoms with E-state index in [1.807, 2.05) is 0 Å². The van der Waals surface area contributed by atoms with Crippen LogP contribution in [0.2, 0.25) is 0 Å². The molecule has 12 nitrogen and oxygen atoms in total.